The van der Waals surface area contributed by atoms with Crippen molar-refractivity contribution in [1.82, 2.24) is 14.1 Å². The van der Waals surface area contributed by atoms with Gasteiger partial charge in [-0.2, -0.15) is 0 Å². The zero-order chi connectivity index (χ0) is 23.3. The van der Waals surface area contributed by atoms with E-state index in [2.05, 4.69) is 10.3 Å². The van der Waals surface area contributed by atoms with Crippen LogP contribution in [0.4, 0.5) is 5.82 Å². The molecule has 1 aliphatic rings. The predicted octanol–water partition coefficient (Wildman–Crippen LogP) is 4.48. The molecule has 2 atom stereocenters. The van der Waals surface area contributed by atoms with Crippen LogP contribution >= 0.6 is 23.2 Å². The predicted molar refractivity (Wildman–Crippen MR) is 127 cm³/mol. The van der Waals surface area contributed by atoms with E-state index in [1.54, 1.807) is 35.9 Å². The van der Waals surface area contributed by atoms with Crippen molar-refractivity contribution in [2.45, 2.75) is 22.0 Å². The fourth-order valence-electron chi connectivity index (χ4n) is 4.12. The Morgan fingerprint density at radius 1 is 0.909 bits per heavy atom. The first-order valence-corrected chi connectivity index (χ1v) is 12.3. The molecule has 0 radical (unpaired) electrons. The standard InChI is InChI=1S/C23H18Cl2N4O3S/c1-28-12-19(26-13-28)33(31,32)18-10-11-20(30)29-22(15-4-8-17(25)9-5-15)21(27-23(18)29)14-2-6-16(24)7-3-14/h2-13,21-22,27H,1H3/t21-,22+/m1/s1. The van der Waals surface area contributed by atoms with Gasteiger partial charge in [0, 0.05) is 29.4 Å². The minimum absolute atomic E-state index is 0.0174. The number of pyridine rings is 1. The second-order valence-electron chi connectivity index (χ2n) is 7.81. The van der Waals surface area contributed by atoms with E-state index in [0.29, 0.717) is 10.0 Å². The molecule has 1 N–H and O–H groups in total. The molecule has 0 amide bonds. The Kier molecular flexibility index (Phi) is 5.31. The highest BCUT2D eigenvalue weighted by molar-refractivity contribution is 7.91. The van der Waals surface area contributed by atoms with Gasteiger partial charge in [-0.3, -0.25) is 9.36 Å². The van der Waals surface area contributed by atoms with Crippen LogP contribution in [-0.2, 0) is 16.9 Å². The molecule has 10 heteroatoms. The summed E-state index contributed by atoms with van der Waals surface area (Å²) in [6.45, 7) is 0. The molecule has 33 heavy (non-hydrogen) atoms. The van der Waals surface area contributed by atoms with E-state index in [0.717, 1.165) is 11.1 Å². The highest BCUT2D eigenvalue weighted by Crippen LogP contribution is 2.44. The third kappa shape index (κ3) is 3.74. The number of rotatable bonds is 4. The molecule has 0 saturated carbocycles. The molecule has 7 nitrogen and oxygen atoms in total. The summed E-state index contributed by atoms with van der Waals surface area (Å²) < 4.78 is 29.9. The van der Waals surface area contributed by atoms with E-state index in [1.165, 1.54) is 29.2 Å². The third-order valence-corrected chi connectivity index (χ3v) is 7.84. The molecule has 5 rings (SSSR count). The second-order valence-corrected chi connectivity index (χ2v) is 10.5. The van der Waals surface area contributed by atoms with Crippen LogP contribution in [0.2, 0.25) is 10.0 Å². The first kappa shape index (κ1) is 21.8. The fourth-order valence-corrected chi connectivity index (χ4v) is 5.75. The van der Waals surface area contributed by atoms with Crippen molar-refractivity contribution in [2.75, 3.05) is 5.32 Å². The fraction of sp³-hybridized carbons (Fsp3) is 0.130. The molecule has 0 spiro atoms. The summed E-state index contributed by atoms with van der Waals surface area (Å²) in [6, 6.07) is 16.0. The number of sulfone groups is 1. The van der Waals surface area contributed by atoms with Gasteiger partial charge in [0.1, 0.15) is 10.7 Å². The molecule has 0 fully saturated rings. The molecular formula is C23H18Cl2N4O3S. The summed E-state index contributed by atoms with van der Waals surface area (Å²) in [4.78, 5) is 17.1. The van der Waals surface area contributed by atoms with E-state index in [-0.39, 0.29) is 21.3 Å². The maximum Gasteiger partial charge on any atom is 0.252 e. The first-order valence-electron chi connectivity index (χ1n) is 10.0. The van der Waals surface area contributed by atoms with Crippen molar-refractivity contribution >= 4 is 38.9 Å². The Morgan fingerprint density at radius 2 is 1.52 bits per heavy atom. The Labute approximate surface area is 200 Å². The number of hydrogen-bond acceptors (Lipinski definition) is 5. The number of anilines is 1. The number of aryl methyl sites for hydroxylation is 1. The van der Waals surface area contributed by atoms with Crippen LogP contribution < -0.4 is 10.9 Å². The number of nitrogens with zero attached hydrogens (tertiary/aromatic N) is 3. The van der Waals surface area contributed by atoms with Crippen molar-refractivity contribution in [3.8, 4) is 0 Å². The summed E-state index contributed by atoms with van der Waals surface area (Å²) in [5, 5.41) is 4.35. The van der Waals surface area contributed by atoms with Crippen LogP contribution in [0, 0.1) is 0 Å². The molecule has 2 aromatic heterocycles. The van der Waals surface area contributed by atoms with Crippen LogP contribution in [0.1, 0.15) is 23.2 Å². The average Bonchev–Trinajstić information content (AvgIpc) is 3.40. The summed E-state index contributed by atoms with van der Waals surface area (Å²) in [7, 11) is -2.29. The highest BCUT2D eigenvalue weighted by atomic mass is 35.5. The zero-order valence-corrected chi connectivity index (χ0v) is 19.6. The Hall–Kier alpha value is -3.07. The number of halogens is 2. The quantitative estimate of drug-likeness (QED) is 0.446. The number of benzene rings is 2. The largest absolute Gasteiger partial charge is 0.361 e. The van der Waals surface area contributed by atoms with Gasteiger partial charge in [-0.1, -0.05) is 47.5 Å². The molecule has 1 aliphatic heterocycles. The maximum absolute atomic E-state index is 13.4. The molecule has 2 aromatic carbocycles. The lowest BCUT2D eigenvalue weighted by atomic mass is 9.94. The minimum atomic E-state index is -3.98. The molecule has 4 aromatic rings. The monoisotopic (exact) mass is 500 g/mol. The van der Waals surface area contributed by atoms with Gasteiger partial charge >= 0.3 is 0 Å². The molecule has 0 bridgehead atoms. The van der Waals surface area contributed by atoms with Crippen molar-refractivity contribution < 1.29 is 8.42 Å². The van der Waals surface area contributed by atoms with Gasteiger partial charge in [-0.15, -0.1) is 0 Å². The van der Waals surface area contributed by atoms with Crippen molar-refractivity contribution in [2.24, 2.45) is 7.05 Å². The summed E-state index contributed by atoms with van der Waals surface area (Å²) in [5.74, 6) is 0.216. The van der Waals surface area contributed by atoms with Gasteiger partial charge in [0.2, 0.25) is 9.84 Å². The van der Waals surface area contributed by atoms with E-state index >= 15 is 0 Å². The van der Waals surface area contributed by atoms with E-state index in [9.17, 15) is 13.2 Å². The Bertz CT molecular complexity index is 1510. The van der Waals surface area contributed by atoms with Crippen molar-refractivity contribution in [3.63, 3.8) is 0 Å². The second kappa shape index (κ2) is 8.06. The number of fused-ring (bicyclic) bond motifs is 1. The van der Waals surface area contributed by atoms with Crippen LogP contribution in [0.25, 0.3) is 0 Å². The van der Waals surface area contributed by atoms with E-state index in [1.807, 2.05) is 24.3 Å². The topological polar surface area (TPSA) is 86.0 Å². The van der Waals surface area contributed by atoms with Crippen LogP contribution in [0.15, 0.2) is 87.9 Å². The summed E-state index contributed by atoms with van der Waals surface area (Å²) in [5.41, 5.74) is 1.33. The van der Waals surface area contributed by atoms with Crippen LogP contribution in [-0.4, -0.2) is 22.5 Å². The summed E-state index contributed by atoms with van der Waals surface area (Å²) >= 11 is 12.2. The third-order valence-electron chi connectivity index (χ3n) is 5.66. The van der Waals surface area contributed by atoms with Gasteiger partial charge < -0.3 is 9.88 Å². The van der Waals surface area contributed by atoms with Gasteiger partial charge in [-0.25, -0.2) is 13.4 Å². The number of nitrogens with one attached hydrogen (secondary N) is 1. The maximum atomic E-state index is 13.4. The molecule has 0 unspecified atom stereocenters. The summed E-state index contributed by atoms with van der Waals surface area (Å²) in [6.07, 6.45) is 2.85. The zero-order valence-electron chi connectivity index (χ0n) is 17.3. The van der Waals surface area contributed by atoms with Gasteiger partial charge in [0.25, 0.3) is 5.56 Å². The van der Waals surface area contributed by atoms with Crippen molar-refractivity contribution in [1.29, 1.82) is 0 Å². The minimum Gasteiger partial charge on any atom is -0.361 e. The molecule has 0 saturated heterocycles. The van der Waals surface area contributed by atoms with Crippen LogP contribution in [0.5, 0.6) is 0 Å². The van der Waals surface area contributed by atoms with Crippen LogP contribution in [0.3, 0.4) is 0 Å². The lowest BCUT2D eigenvalue weighted by Gasteiger charge is -2.22. The first-order chi connectivity index (χ1) is 15.8. The van der Waals surface area contributed by atoms with Gasteiger partial charge in [0.15, 0.2) is 5.03 Å². The normalized spacial score (nSPS) is 17.5. The van der Waals surface area contributed by atoms with E-state index in [4.69, 9.17) is 23.2 Å². The van der Waals surface area contributed by atoms with Gasteiger partial charge in [-0.05, 0) is 41.5 Å². The average molecular weight is 501 g/mol. The van der Waals surface area contributed by atoms with E-state index < -0.39 is 21.9 Å². The number of aromatic nitrogens is 3. The van der Waals surface area contributed by atoms with Crippen molar-refractivity contribution in [3.05, 3.63) is 105 Å². The Morgan fingerprint density at radius 3 is 2.09 bits per heavy atom. The molecule has 168 valence electrons. The molecular weight excluding hydrogens is 483 g/mol. The molecule has 3 heterocycles. The number of hydrogen-bond donors (Lipinski definition) is 1. The lowest BCUT2D eigenvalue weighted by Crippen LogP contribution is -2.24. The molecule has 0 aliphatic carbocycles. The number of imidazole rings is 1. The SMILES string of the molecule is Cn1cnc(S(=O)(=O)c2ccc(=O)n3c2N[C@H](c2ccc(Cl)cc2)[C@@H]3c2ccc(Cl)cc2)c1. The smallest absolute Gasteiger partial charge is 0.252 e. The Balaban J connectivity index is 1.74. The lowest BCUT2D eigenvalue weighted by molar-refractivity contribution is 0.553. The highest BCUT2D eigenvalue weighted by Gasteiger charge is 2.39. The van der Waals surface area contributed by atoms with Gasteiger partial charge in [0.05, 0.1) is 18.4 Å².